The second-order valence-corrected chi connectivity index (χ2v) is 15.0. The van der Waals surface area contributed by atoms with Gasteiger partial charge in [-0.1, -0.05) is 84.9 Å². The Morgan fingerprint density at radius 2 is 1.11 bits per heavy atom. The highest BCUT2D eigenvalue weighted by Gasteiger charge is 2.22. The number of carbonyl (C=O) groups is 2. The lowest BCUT2D eigenvalue weighted by Crippen LogP contribution is -2.31. The fourth-order valence-corrected chi connectivity index (χ4v) is 6.91. The normalized spacial score (nSPS) is 10.3. The Morgan fingerprint density at radius 1 is 0.589 bits per heavy atom. The molecule has 0 saturated heterocycles. The van der Waals surface area contributed by atoms with E-state index in [9.17, 15) is 14.0 Å². The van der Waals surface area contributed by atoms with Gasteiger partial charge in [0.2, 0.25) is 6.79 Å². The molecule has 73 heavy (non-hydrogen) atoms. The molecule has 364 valence electrons. The Morgan fingerprint density at radius 3 is 1.64 bits per heavy atom. The third-order valence-corrected chi connectivity index (χ3v) is 10.3. The largest absolute Gasteiger partial charge is 0.478 e. The molecule has 4 aromatic heterocycles. The lowest BCUT2D eigenvalue weighted by molar-refractivity contribution is 0.0694. The number of aromatic nitrogens is 8. The highest BCUT2D eigenvalue weighted by Crippen LogP contribution is 2.33. The van der Waals surface area contributed by atoms with Gasteiger partial charge in [0.25, 0.3) is 5.91 Å². The minimum atomic E-state index is -0.948. The third kappa shape index (κ3) is 14.7. The molecule has 1 aliphatic heterocycles. The summed E-state index contributed by atoms with van der Waals surface area (Å²) in [6.45, 7) is 1.15. The van der Waals surface area contributed by atoms with Crippen LogP contribution in [0.15, 0.2) is 219 Å². The van der Waals surface area contributed by atoms with Gasteiger partial charge in [0.1, 0.15) is 18.0 Å². The van der Waals surface area contributed by atoms with Gasteiger partial charge in [-0.15, -0.1) is 12.4 Å². The molecule has 0 unspecified atom stereocenters. The van der Waals surface area contributed by atoms with E-state index >= 15 is 0 Å². The van der Waals surface area contributed by atoms with Crippen LogP contribution >= 0.6 is 12.4 Å². The maximum atomic E-state index is 13.7. The first kappa shape index (κ1) is 52.3. The molecule has 16 nitrogen and oxygen atoms in total. The van der Waals surface area contributed by atoms with E-state index in [1.807, 2.05) is 126 Å². The molecule has 0 spiro atoms. The van der Waals surface area contributed by atoms with Gasteiger partial charge in [0.05, 0.1) is 39.3 Å². The van der Waals surface area contributed by atoms with Crippen molar-refractivity contribution in [2.24, 2.45) is 0 Å². The van der Waals surface area contributed by atoms with Gasteiger partial charge in [0.15, 0.2) is 11.5 Å². The van der Waals surface area contributed by atoms with Crippen molar-refractivity contribution in [3.05, 3.63) is 259 Å². The number of carbonyl (C=O) groups excluding carboxylic acids is 1. The third-order valence-electron chi connectivity index (χ3n) is 10.3. The number of para-hydroxylation sites is 3. The first-order valence-corrected chi connectivity index (χ1v) is 22.0. The van der Waals surface area contributed by atoms with Gasteiger partial charge in [-0.2, -0.15) is 30.9 Å². The number of aromatic amines is 1. The number of benzene rings is 6. The summed E-state index contributed by atoms with van der Waals surface area (Å²) in [5, 5.41) is 44.5. The van der Waals surface area contributed by atoms with Crippen LogP contribution in [0.1, 0.15) is 43.0 Å². The molecule has 0 fully saturated rings. The number of halogens is 2. The summed E-state index contributed by atoms with van der Waals surface area (Å²) in [6, 6.07) is 54.4. The summed E-state index contributed by atoms with van der Waals surface area (Å²) in [5.74, 6) is -0.0287. The van der Waals surface area contributed by atoms with E-state index in [1.54, 1.807) is 101 Å². The van der Waals surface area contributed by atoms with Crippen LogP contribution in [-0.4, -0.2) is 68.2 Å². The molecule has 0 atom stereocenters. The average Bonchev–Trinajstić information content (AvgIpc) is 4.30. The fourth-order valence-electron chi connectivity index (χ4n) is 6.91. The summed E-state index contributed by atoms with van der Waals surface area (Å²) in [6.07, 6.45) is 13.8. The fraction of sp³-hybridized carbons (Fsp3) is 0.0545. The molecule has 11 rings (SSSR count). The zero-order valence-electron chi connectivity index (χ0n) is 38.7. The maximum absolute atomic E-state index is 13.7. The molecule has 5 heterocycles. The topological polar surface area (TPSA) is 206 Å². The second kappa shape index (κ2) is 27.2. The van der Waals surface area contributed by atoms with Gasteiger partial charge >= 0.3 is 5.97 Å². The van der Waals surface area contributed by atoms with E-state index in [1.165, 1.54) is 16.8 Å². The Hall–Kier alpha value is -10.1. The average molecular weight is 994 g/mol. The molecule has 2 N–H and O–H groups in total. The van der Waals surface area contributed by atoms with Crippen LogP contribution in [0.25, 0.3) is 17.1 Å². The van der Waals surface area contributed by atoms with E-state index in [4.69, 9.17) is 25.1 Å². The number of hydrogen-bond donors (Lipinski definition) is 2. The van der Waals surface area contributed by atoms with Gasteiger partial charge in [-0.25, -0.2) is 23.2 Å². The lowest BCUT2D eigenvalue weighted by Gasteiger charge is -2.24. The van der Waals surface area contributed by atoms with E-state index in [-0.39, 0.29) is 36.2 Å². The monoisotopic (exact) mass is 993 g/mol. The lowest BCUT2D eigenvalue weighted by atomic mass is 10.1. The zero-order valence-corrected chi connectivity index (χ0v) is 39.6. The summed E-state index contributed by atoms with van der Waals surface area (Å²) in [5.41, 5.74) is 5.75. The highest BCUT2D eigenvalue weighted by atomic mass is 35.5. The molecule has 1 aliphatic rings. The standard InChI is InChI=1S/C25H21N3O3.C10H7N3.C10H8N2O2.C7H4FN.C3H4N2.ClH/c29-25(21-9-4-5-10-22(21)28-14-6-13-26-28)27(16-19-7-2-1-3-8-19)17-20-11-12-23-24(15-20)31-18-30-23;11-8-9-4-1-2-5-10(9)13-7-3-6-12-13;13-10(14)8-4-1-2-5-9(8)12-7-3-6-11-12;8-7-4-2-1-3-6(7)5-9;1-2-4-5-3-1;/h1-15H,16-18H2;1-7H;1-7H,(H,13,14);1-4H;1-3H,(H,4,5);1H. The van der Waals surface area contributed by atoms with Crippen molar-refractivity contribution in [1.82, 2.24) is 44.4 Å². The maximum Gasteiger partial charge on any atom is 0.337 e. The number of fused-ring (bicyclic) bond motifs is 1. The van der Waals surface area contributed by atoms with Crippen molar-refractivity contribution in [2.45, 2.75) is 13.1 Å². The Labute approximate surface area is 425 Å². The molecule has 6 aromatic carbocycles. The number of carboxylic acids is 1. The van der Waals surface area contributed by atoms with Crippen molar-refractivity contribution in [3.8, 4) is 40.7 Å². The first-order chi connectivity index (χ1) is 35.3. The number of carboxylic acid groups (broad SMARTS) is 1. The van der Waals surface area contributed by atoms with Crippen molar-refractivity contribution in [2.75, 3.05) is 6.79 Å². The van der Waals surface area contributed by atoms with Gasteiger partial charge in [0, 0.05) is 62.7 Å². The molecular weight excluding hydrogens is 949 g/mol. The SMILES string of the molecule is Cl.N#Cc1ccccc1-n1cccn1.N#Cc1ccccc1F.O=C(O)c1ccccc1-n1cccn1.O=C(c1ccccc1-n1cccn1)N(Cc1ccccc1)Cc1ccc2c(c1)OCO2.c1cn[nH]c1. The number of hydrogen-bond acceptors (Lipinski definition) is 10. The molecule has 0 bridgehead atoms. The first-order valence-electron chi connectivity index (χ1n) is 22.0. The number of nitrogens with one attached hydrogen (secondary N) is 1. The molecule has 0 radical (unpaired) electrons. The van der Waals surface area contributed by atoms with Gasteiger partial charge < -0.3 is 19.5 Å². The van der Waals surface area contributed by atoms with Crippen molar-refractivity contribution >= 4 is 24.3 Å². The number of ether oxygens (including phenoxy) is 2. The van der Waals surface area contributed by atoms with Crippen LogP contribution in [-0.2, 0) is 13.1 Å². The number of aromatic carboxylic acids is 1. The van der Waals surface area contributed by atoms with Crippen molar-refractivity contribution < 1.29 is 28.6 Å². The van der Waals surface area contributed by atoms with Crippen LogP contribution in [0, 0.1) is 28.5 Å². The van der Waals surface area contributed by atoms with Crippen molar-refractivity contribution in [1.29, 1.82) is 10.5 Å². The number of amides is 1. The summed E-state index contributed by atoms with van der Waals surface area (Å²) in [7, 11) is 0. The molecule has 1 amide bonds. The Bertz CT molecular complexity index is 3330. The quantitative estimate of drug-likeness (QED) is 0.139. The number of nitrogens with zero attached hydrogens (tertiary/aromatic N) is 10. The summed E-state index contributed by atoms with van der Waals surface area (Å²) >= 11 is 0. The molecule has 18 heteroatoms. The second-order valence-electron chi connectivity index (χ2n) is 15.0. The van der Waals surface area contributed by atoms with Gasteiger partial charge in [-0.3, -0.25) is 9.89 Å². The van der Waals surface area contributed by atoms with Crippen LogP contribution < -0.4 is 9.47 Å². The number of rotatable bonds is 9. The van der Waals surface area contributed by atoms with Gasteiger partial charge in [-0.05, 0) is 96.1 Å². The Kier molecular flexibility index (Phi) is 19.5. The molecule has 0 aliphatic carbocycles. The summed E-state index contributed by atoms with van der Waals surface area (Å²) < 4.78 is 28.2. The minimum absolute atomic E-state index is 0. The smallest absolute Gasteiger partial charge is 0.337 e. The molecular formula is C55H45ClFN11O5. The number of H-pyrrole nitrogens is 1. The van der Waals surface area contributed by atoms with Crippen LogP contribution in [0.5, 0.6) is 11.5 Å². The van der Waals surface area contributed by atoms with Crippen LogP contribution in [0.4, 0.5) is 4.39 Å². The Balaban J connectivity index is 0.000000171. The number of nitriles is 2. The predicted octanol–water partition coefficient (Wildman–Crippen LogP) is 10.3. The minimum Gasteiger partial charge on any atom is -0.478 e. The summed E-state index contributed by atoms with van der Waals surface area (Å²) in [4.78, 5) is 26.5. The van der Waals surface area contributed by atoms with E-state index in [0.29, 0.717) is 35.7 Å². The predicted molar refractivity (Wildman–Crippen MR) is 272 cm³/mol. The van der Waals surface area contributed by atoms with Crippen LogP contribution in [0.2, 0.25) is 0 Å². The molecule has 10 aromatic rings. The van der Waals surface area contributed by atoms with Crippen LogP contribution in [0.3, 0.4) is 0 Å². The van der Waals surface area contributed by atoms with E-state index in [2.05, 4.69) is 31.6 Å². The molecule has 0 saturated carbocycles. The van der Waals surface area contributed by atoms with E-state index < -0.39 is 11.8 Å². The zero-order chi connectivity index (χ0) is 50.3. The highest BCUT2D eigenvalue weighted by molar-refractivity contribution is 5.97. The van der Waals surface area contributed by atoms with Crippen molar-refractivity contribution in [3.63, 3.8) is 0 Å². The van der Waals surface area contributed by atoms with E-state index in [0.717, 1.165) is 28.3 Å².